The van der Waals surface area contributed by atoms with Gasteiger partial charge in [0.05, 0.1) is 6.61 Å². The van der Waals surface area contributed by atoms with Crippen molar-refractivity contribution in [1.29, 1.82) is 5.26 Å². The minimum atomic E-state index is -0.678. The molecule has 0 saturated carbocycles. The van der Waals surface area contributed by atoms with Crippen LogP contribution in [0.4, 0.5) is 10.5 Å². The highest BCUT2D eigenvalue weighted by Crippen LogP contribution is 2.23. The van der Waals surface area contributed by atoms with Gasteiger partial charge in [-0.15, -0.1) is 0 Å². The van der Waals surface area contributed by atoms with Crippen LogP contribution in [0.2, 0.25) is 5.02 Å². The summed E-state index contributed by atoms with van der Waals surface area (Å²) in [6.07, 6.45) is 0.447. The maximum absolute atomic E-state index is 12.3. The van der Waals surface area contributed by atoms with Crippen molar-refractivity contribution in [2.45, 2.75) is 13.8 Å². The highest BCUT2D eigenvalue weighted by molar-refractivity contribution is 6.31. The van der Waals surface area contributed by atoms with Crippen LogP contribution in [0, 0.1) is 18.3 Å². The molecule has 0 bridgehead atoms. The van der Waals surface area contributed by atoms with Crippen molar-refractivity contribution in [1.82, 2.24) is 4.90 Å². The zero-order chi connectivity index (χ0) is 18.1. The van der Waals surface area contributed by atoms with E-state index in [1.165, 1.54) is 0 Å². The Morgan fingerprint density at radius 2 is 2.21 bits per heavy atom. The van der Waals surface area contributed by atoms with E-state index in [0.29, 0.717) is 16.3 Å². The summed E-state index contributed by atoms with van der Waals surface area (Å²) in [6, 6.07) is 6.80. The molecule has 0 fully saturated rings. The molecule has 0 aliphatic rings. The third-order valence-electron chi connectivity index (χ3n) is 3.04. The summed E-state index contributed by atoms with van der Waals surface area (Å²) in [5.41, 5.74) is 6.34. The van der Waals surface area contributed by atoms with E-state index >= 15 is 0 Å². The number of rotatable bonds is 6. The van der Waals surface area contributed by atoms with Crippen molar-refractivity contribution in [3.8, 4) is 6.07 Å². The molecule has 2 amide bonds. The molecule has 0 atom stereocenters. The van der Waals surface area contributed by atoms with Gasteiger partial charge in [0.1, 0.15) is 11.6 Å². The number of nitriles is 1. The summed E-state index contributed by atoms with van der Waals surface area (Å²) in [5, 5.41) is 12.3. The maximum atomic E-state index is 12.3. The molecular weight excluding hydrogens is 332 g/mol. The van der Waals surface area contributed by atoms with Crippen LogP contribution in [-0.2, 0) is 9.53 Å². The highest BCUT2D eigenvalue weighted by Gasteiger charge is 2.17. The molecule has 1 aromatic carbocycles. The number of hydrogen-bond donors (Lipinski definition) is 2. The fourth-order valence-electron chi connectivity index (χ4n) is 1.78. The Bertz CT molecular complexity index is 682. The number of carbonyl (C=O) groups is 2. The van der Waals surface area contributed by atoms with Crippen molar-refractivity contribution in [2.24, 2.45) is 5.73 Å². The van der Waals surface area contributed by atoms with E-state index in [0.717, 1.165) is 11.1 Å². The number of hydrogen-bond acceptors (Lipinski definition) is 5. The van der Waals surface area contributed by atoms with Crippen molar-refractivity contribution >= 4 is 29.3 Å². The van der Waals surface area contributed by atoms with Crippen LogP contribution in [0.3, 0.4) is 0 Å². The molecule has 1 aromatic rings. The molecule has 0 radical (unpaired) electrons. The standard InChI is InChI=1S/C16H19ClN4O3/c1-3-24-16(23)21(8-7-18)10-12(9-19)15(22)20-14-6-4-5-13(17)11(14)2/h4-6,10H,3,7-8,18H2,1-2H3,(H,20,22)/b12-10-. The summed E-state index contributed by atoms with van der Waals surface area (Å²) >= 11 is 6.00. The summed E-state index contributed by atoms with van der Waals surface area (Å²) < 4.78 is 4.86. The van der Waals surface area contributed by atoms with Gasteiger partial charge in [0.25, 0.3) is 5.91 Å². The van der Waals surface area contributed by atoms with Crippen LogP contribution < -0.4 is 11.1 Å². The molecule has 7 nitrogen and oxygen atoms in total. The lowest BCUT2D eigenvalue weighted by Crippen LogP contribution is -2.32. The second kappa shape index (κ2) is 9.55. The van der Waals surface area contributed by atoms with E-state index in [4.69, 9.17) is 22.1 Å². The Kier molecular flexibility index (Phi) is 7.75. The second-order valence-electron chi connectivity index (χ2n) is 4.70. The predicted octanol–water partition coefficient (Wildman–Crippen LogP) is 2.41. The highest BCUT2D eigenvalue weighted by atomic mass is 35.5. The van der Waals surface area contributed by atoms with Gasteiger partial charge >= 0.3 is 6.09 Å². The molecule has 0 saturated heterocycles. The Hall–Kier alpha value is -2.56. The number of ether oxygens (including phenoxy) is 1. The zero-order valence-corrected chi connectivity index (χ0v) is 14.3. The molecular formula is C16H19ClN4O3. The molecule has 3 N–H and O–H groups in total. The average Bonchev–Trinajstić information content (AvgIpc) is 2.55. The van der Waals surface area contributed by atoms with E-state index in [-0.39, 0.29) is 25.3 Å². The Balaban J connectivity index is 3.01. The molecule has 8 heteroatoms. The summed E-state index contributed by atoms with van der Waals surface area (Å²) in [6.45, 7) is 3.84. The van der Waals surface area contributed by atoms with E-state index in [9.17, 15) is 14.9 Å². The van der Waals surface area contributed by atoms with Gasteiger partial charge in [0, 0.05) is 30.0 Å². The summed E-state index contributed by atoms with van der Waals surface area (Å²) in [5.74, 6) is -0.658. The lowest BCUT2D eigenvalue weighted by atomic mass is 10.2. The van der Waals surface area contributed by atoms with Gasteiger partial charge in [-0.3, -0.25) is 9.69 Å². The van der Waals surface area contributed by atoms with Gasteiger partial charge in [-0.25, -0.2) is 4.79 Å². The summed E-state index contributed by atoms with van der Waals surface area (Å²) in [4.78, 5) is 25.2. The number of nitrogens with zero attached hydrogens (tertiary/aromatic N) is 2. The largest absolute Gasteiger partial charge is 0.449 e. The molecule has 0 spiro atoms. The zero-order valence-electron chi connectivity index (χ0n) is 13.5. The van der Waals surface area contributed by atoms with Crippen LogP contribution in [0.5, 0.6) is 0 Å². The quantitative estimate of drug-likeness (QED) is 0.605. The number of benzene rings is 1. The first-order chi connectivity index (χ1) is 11.4. The van der Waals surface area contributed by atoms with Gasteiger partial charge in [0.15, 0.2) is 0 Å². The topological polar surface area (TPSA) is 108 Å². The third-order valence-corrected chi connectivity index (χ3v) is 3.45. The first kappa shape index (κ1) is 19.5. The van der Waals surface area contributed by atoms with Gasteiger partial charge in [-0.2, -0.15) is 5.26 Å². The predicted molar refractivity (Wildman–Crippen MR) is 91.3 cm³/mol. The van der Waals surface area contributed by atoms with Crippen molar-refractivity contribution in [2.75, 3.05) is 25.0 Å². The van der Waals surface area contributed by atoms with Crippen molar-refractivity contribution < 1.29 is 14.3 Å². The van der Waals surface area contributed by atoms with Gasteiger partial charge < -0.3 is 15.8 Å². The number of anilines is 1. The van der Waals surface area contributed by atoms with E-state index in [2.05, 4.69) is 5.32 Å². The first-order valence-electron chi connectivity index (χ1n) is 7.26. The number of carbonyl (C=O) groups excluding carboxylic acids is 2. The fraction of sp³-hybridized carbons (Fsp3) is 0.312. The molecule has 1 rings (SSSR count). The Morgan fingerprint density at radius 3 is 2.79 bits per heavy atom. The fourth-order valence-corrected chi connectivity index (χ4v) is 1.96. The van der Waals surface area contributed by atoms with E-state index in [1.54, 1.807) is 38.1 Å². The van der Waals surface area contributed by atoms with Gasteiger partial charge in [0.2, 0.25) is 0 Å². The monoisotopic (exact) mass is 350 g/mol. The normalized spacial score (nSPS) is 10.7. The second-order valence-corrected chi connectivity index (χ2v) is 5.11. The maximum Gasteiger partial charge on any atom is 0.413 e. The first-order valence-corrected chi connectivity index (χ1v) is 7.64. The van der Waals surface area contributed by atoms with Crippen LogP contribution >= 0.6 is 11.6 Å². The lowest BCUT2D eigenvalue weighted by Gasteiger charge is -2.17. The molecule has 0 heterocycles. The smallest absolute Gasteiger partial charge is 0.413 e. The van der Waals surface area contributed by atoms with E-state index < -0.39 is 12.0 Å². The molecule has 0 unspecified atom stereocenters. The van der Waals surface area contributed by atoms with Crippen LogP contribution in [0.1, 0.15) is 12.5 Å². The number of nitrogens with two attached hydrogens (primary N) is 1. The average molecular weight is 351 g/mol. The van der Waals surface area contributed by atoms with E-state index in [1.807, 2.05) is 0 Å². The van der Waals surface area contributed by atoms with Crippen LogP contribution in [-0.4, -0.2) is 36.6 Å². The Morgan fingerprint density at radius 1 is 1.50 bits per heavy atom. The van der Waals surface area contributed by atoms with Crippen molar-refractivity contribution in [3.63, 3.8) is 0 Å². The molecule has 128 valence electrons. The minimum Gasteiger partial charge on any atom is -0.449 e. The number of halogens is 1. The minimum absolute atomic E-state index is 0.119. The van der Waals surface area contributed by atoms with Gasteiger partial charge in [-0.05, 0) is 31.5 Å². The molecule has 0 aliphatic carbocycles. The SMILES string of the molecule is CCOC(=O)N(/C=C(/C#N)C(=O)Nc1cccc(Cl)c1C)CCN. The number of amides is 2. The van der Waals surface area contributed by atoms with Crippen molar-refractivity contribution in [3.05, 3.63) is 40.6 Å². The molecule has 0 aliphatic heterocycles. The molecule has 24 heavy (non-hydrogen) atoms. The third kappa shape index (κ3) is 5.26. The molecule has 0 aromatic heterocycles. The summed E-state index contributed by atoms with van der Waals surface area (Å²) in [7, 11) is 0. The lowest BCUT2D eigenvalue weighted by molar-refractivity contribution is -0.112. The number of nitrogens with one attached hydrogen (secondary N) is 1. The van der Waals surface area contributed by atoms with Crippen LogP contribution in [0.15, 0.2) is 30.0 Å². The Labute approximate surface area is 145 Å². The van der Waals surface area contributed by atoms with Crippen LogP contribution in [0.25, 0.3) is 0 Å². The van der Waals surface area contributed by atoms with Gasteiger partial charge in [-0.1, -0.05) is 17.7 Å².